The molecule has 1 atom stereocenters. The number of carbonyl (C=O) groups excluding carboxylic acids is 2. The molecule has 1 aliphatic rings. The minimum absolute atomic E-state index is 0.0563. The van der Waals surface area contributed by atoms with Gasteiger partial charge in [-0.3, -0.25) is 9.59 Å². The Morgan fingerprint density at radius 1 is 1.04 bits per heavy atom. The summed E-state index contributed by atoms with van der Waals surface area (Å²) in [4.78, 5) is 25.2. The Balaban J connectivity index is 1.66. The Morgan fingerprint density at radius 3 is 2.61 bits per heavy atom. The normalized spacial score (nSPS) is 16.3. The fourth-order valence-corrected chi connectivity index (χ4v) is 3.08. The highest BCUT2D eigenvalue weighted by Crippen LogP contribution is 2.32. The number of ether oxygens (including phenoxy) is 1. The second-order valence-corrected chi connectivity index (χ2v) is 6.38. The Bertz CT molecular complexity index is 1060. The number of carbonyl (C=O) groups is 2. The summed E-state index contributed by atoms with van der Waals surface area (Å²) in [5, 5.41) is 5.70. The Labute approximate surface area is 158 Å². The summed E-state index contributed by atoms with van der Waals surface area (Å²) in [6, 6.07) is 9.84. The third kappa shape index (κ3) is 3.46. The zero-order valence-corrected chi connectivity index (χ0v) is 14.6. The number of amides is 2. The maximum Gasteiger partial charge on any atom is 0.293 e. The number of nitrogens with one attached hydrogen (secondary N) is 2. The molecule has 2 heterocycles. The van der Waals surface area contributed by atoms with E-state index in [4.69, 9.17) is 9.15 Å². The van der Waals surface area contributed by atoms with E-state index in [9.17, 15) is 18.4 Å². The summed E-state index contributed by atoms with van der Waals surface area (Å²) < 4.78 is 37.5. The van der Waals surface area contributed by atoms with Crippen molar-refractivity contribution in [3.05, 3.63) is 59.9 Å². The molecule has 3 aromatic rings. The fourth-order valence-electron chi connectivity index (χ4n) is 3.08. The van der Waals surface area contributed by atoms with E-state index >= 15 is 0 Å². The van der Waals surface area contributed by atoms with Crippen molar-refractivity contribution in [2.45, 2.75) is 18.9 Å². The van der Waals surface area contributed by atoms with Gasteiger partial charge in [0.25, 0.3) is 11.8 Å². The van der Waals surface area contributed by atoms with E-state index in [2.05, 4.69) is 10.6 Å². The van der Waals surface area contributed by atoms with Gasteiger partial charge in [0.2, 0.25) is 5.76 Å². The summed E-state index contributed by atoms with van der Waals surface area (Å²) in [5.41, 5.74) is 0.664. The largest absolute Gasteiger partial charge is 0.449 e. The molecule has 0 radical (unpaired) electrons. The van der Waals surface area contributed by atoms with Gasteiger partial charge < -0.3 is 19.8 Å². The molecule has 144 valence electrons. The third-order valence-corrected chi connectivity index (χ3v) is 4.45. The van der Waals surface area contributed by atoms with Gasteiger partial charge in [0, 0.05) is 23.7 Å². The van der Waals surface area contributed by atoms with Crippen molar-refractivity contribution in [3.8, 4) is 0 Å². The predicted molar refractivity (Wildman–Crippen MR) is 98.1 cm³/mol. The van der Waals surface area contributed by atoms with Crippen LogP contribution in [0.3, 0.4) is 0 Å². The van der Waals surface area contributed by atoms with Crippen molar-refractivity contribution < 1.29 is 27.5 Å². The lowest BCUT2D eigenvalue weighted by Gasteiger charge is -2.11. The zero-order valence-electron chi connectivity index (χ0n) is 14.6. The van der Waals surface area contributed by atoms with E-state index in [1.54, 1.807) is 24.3 Å². The number of benzene rings is 2. The number of para-hydroxylation sites is 1. The van der Waals surface area contributed by atoms with Crippen LogP contribution in [0.2, 0.25) is 0 Å². The summed E-state index contributed by atoms with van der Waals surface area (Å²) in [5.74, 6) is -3.33. The number of halogens is 2. The van der Waals surface area contributed by atoms with Crippen molar-refractivity contribution in [2.75, 3.05) is 17.2 Å². The molecule has 0 bridgehead atoms. The number of hydrogen-bond acceptors (Lipinski definition) is 4. The number of furan rings is 1. The molecule has 2 amide bonds. The molecule has 1 saturated heterocycles. The minimum atomic E-state index is -1.09. The molecule has 2 N–H and O–H groups in total. The lowest BCUT2D eigenvalue weighted by atomic mass is 10.2. The number of hydrogen-bond donors (Lipinski definition) is 2. The minimum Gasteiger partial charge on any atom is -0.449 e. The average molecular weight is 386 g/mol. The number of rotatable bonds is 4. The molecule has 1 aromatic heterocycles. The van der Waals surface area contributed by atoms with Gasteiger partial charge in [0.05, 0.1) is 0 Å². The van der Waals surface area contributed by atoms with Crippen molar-refractivity contribution in [1.82, 2.24) is 0 Å². The van der Waals surface area contributed by atoms with Crippen LogP contribution in [0.4, 0.5) is 20.2 Å². The van der Waals surface area contributed by atoms with Gasteiger partial charge in [-0.1, -0.05) is 12.1 Å². The van der Waals surface area contributed by atoms with Crippen molar-refractivity contribution in [2.24, 2.45) is 0 Å². The summed E-state index contributed by atoms with van der Waals surface area (Å²) in [6.45, 7) is 0.508. The standard InChI is InChI=1S/C20H16F2N2O4/c21-13-8-7-11(10-14(13)22)23-20(26)18-17(12-4-1-2-5-15(12)28-18)24-19(25)16-6-3-9-27-16/h1-2,4-5,7-8,10,16H,3,6,9H2,(H,23,26)(H,24,25)/t16-/m0/s1. The summed E-state index contributed by atoms with van der Waals surface area (Å²) in [6.07, 6.45) is 0.793. The van der Waals surface area contributed by atoms with E-state index in [-0.39, 0.29) is 23.0 Å². The van der Waals surface area contributed by atoms with Gasteiger partial charge in [-0.2, -0.15) is 0 Å². The second kappa shape index (κ2) is 7.40. The van der Waals surface area contributed by atoms with E-state index < -0.39 is 23.6 Å². The molecule has 0 unspecified atom stereocenters. The second-order valence-electron chi connectivity index (χ2n) is 6.38. The van der Waals surface area contributed by atoms with Crippen LogP contribution in [0.15, 0.2) is 46.9 Å². The molecule has 2 aromatic carbocycles. The highest BCUT2D eigenvalue weighted by atomic mass is 19.2. The van der Waals surface area contributed by atoms with Crippen LogP contribution in [-0.4, -0.2) is 24.5 Å². The first kappa shape index (κ1) is 18.1. The number of fused-ring (bicyclic) bond motifs is 1. The van der Waals surface area contributed by atoms with Gasteiger partial charge >= 0.3 is 0 Å². The fraction of sp³-hybridized carbons (Fsp3) is 0.200. The molecule has 0 spiro atoms. The van der Waals surface area contributed by atoms with Crippen LogP contribution >= 0.6 is 0 Å². The van der Waals surface area contributed by atoms with E-state index in [0.29, 0.717) is 24.0 Å². The van der Waals surface area contributed by atoms with Gasteiger partial charge in [0.1, 0.15) is 17.4 Å². The van der Waals surface area contributed by atoms with Crippen LogP contribution in [0, 0.1) is 11.6 Å². The van der Waals surface area contributed by atoms with Gasteiger partial charge in [-0.25, -0.2) is 8.78 Å². The highest BCUT2D eigenvalue weighted by Gasteiger charge is 2.28. The van der Waals surface area contributed by atoms with Crippen LogP contribution in [0.5, 0.6) is 0 Å². The Hall–Kier alpha value is -3.26. The molecule has 6 nitrogen and oxygen atoms in total. The quantitative estimate of drug-likeness (QED) is 0.708. The van der Waals surface area contributed by atoms with Crippen LogP contribution in [0.25, 0.3) is 11.0 Å². The van der Waals surface area contributed by atoms with Crippen molar-refractivity contribution in [3.63, 3.8) is 0 Å². The van der Waals surface area contributed by atoms with Gasteiger partial charge in [0.15, 0.2) is 11.6 Å². The zero-order chi connectivity index (χ0) is 19.7. The Morgan fingerprint density at radius 2 is 1.86 bits per heavy atom. The lowest BCUT2D eigenvalue weighted by Crippen LogP contribution is -2.27. The Kier molecular flexibility index (Phi) is 4.79. The molecule has 0 saturated carbocycles. The van der Waals surface area contributed by atoms with Crippen LogP contribution in [-0.2, 0) is 9.53 Å². The molecule has 8 heteroatoms. The predicted octanol–water partition coefficient (Wildman–Crippen LogP) is 4.08. The average Bonchev–Trinajstić information content (AvgIpc) is 3.33. The molecular weight excluding hydrogens is 370 g/mol. The molecule has 0 aliphatic carbocycles. The van der Waals surface area contributed by atoms with Crippen molar-refractivity contribution >= 4 is 34.2 Å². The highest BCUT2D eigenvalue weighted by molar-refractivity contribution is 6.15. The molecule has 4 rings (SSSR count). The lowest BCUT2D eigenvalue weighted by molar-refractivity contribution is -0.124. The van der Waals surface area contributed by atoms with Gasteiger partial charge in [-0.05, 0) is 37.1 Å². The van der Waals surface area contributed by atoms with Crippen molar-refractivity contribution in [1.29, 1.82) is 0 Å². The van der Waals surface area contributed by atoms with E-state index in [1.165, 1.54) is 6.07 Å². The smallest absolute Gasteiger partial charge is 0.293 e. The number of anilines is 2. The van der Waals surface area contributed by atoms with Crippen LogP contribution < -0.4 is 10.6 Å². The monoisotopic (exact) mass is 386 g/mol. The molecule has 28 heavy (non-hydrogen) atoms. The third-order valence-electron chi connectivity index (χ3n) is 4.45. The maximum atomic E-state index is 13.4. The summed E-state index contributed by atoms with van der Waals surface area (Å²) in [7, 11) is 0. The molecule has 1 fully saturated rings. The van der Waals surface area contributed by atoms with E-state index in [0.717, 1.165) is 18.6 Å². The maximum absolute atomic E-state index is 13.4. The first-order chi connectivity index (χ1) is 13.5. The topological polar surface area (TPSA) is 80.6 Å². The molecular formula is C20H16F2N2O4. The SMILES string of the molecule is O=C(Nc1ccc(F)c(F)c1)c1oc2ccccc2c1NC(=O)[C@@H]1CCCO1. The first-order valence-corrected chi connectivity index (χ1v) is 8.73. The van der Waals surface area contributed by atoms with Crippen LogP contribution in [0.1, 0.15) is 23.4 Å². The first-order valence-electron chi connectivity index (χ1n) is 8.73. The molecule has 1 aliphatic heterocycles. The van der Waals surface area contributed by atoms with E-state index in [1.807, 2.05) is 0 Å². The van der Waals surface area contributed by atoms with Gasteiger partial charge in [-0.15, -0.1) is 0 Å². The summed E-state index contributed by atoms with van der Waals surface area (Å²) >= 11 is 0.